The van der Waals surface area contributed by atoms with Crippen molar-refractivity contribution in [1.82, 2.24) is 14.8 Å². The molecule has 2 heterocycles. The van der Waals surface area contributed by atoms with Crippen molar-refractivity contribution in [3.8, 4) is 17.7 Å². The third kappa shape index (κ3) is 1.88. The van der Waals surface area contributed by atoms with E-state index < -0.39 is 0 Å². The lowest BCUT2D eigenvalue weighted by Crippen LogP contribution is -2.10. The third-order valence-electron chi connectivity index (χ3n) is 1.99. The minimum Gasteiger partial charge on any atom is -0.437 e. The maximum atomic E-state index is 8.75. The van der Waals surface area contributed by atoms with Gasteiger partial charge in [0.15, 0.2) is 0 Å². The quantitative estimate of drug-likeness (QED) is 0.667. The van der Waals surface area contributed by atoms with Gasteiger partial charge in [-0.15, -0.1) is 5.10 Å². The van der Waals surface area contributed by atoms with E-state index in [-0.39, 0.29) is 5.59 Å². The fourth-order valence-electron chi connectivity index (χ4n) is 1.20. The van der Waals surface area contributed by atoms with Crippen molar-refractivity contribution < 1.29 is 4.74 Å². The summed E-state index contributed by atoms with van der Waals surface area (Å²) in [6.45, 7) is 0. The van der Waals surface area contributed by atoms with Crippen LogP contribution in [-0.2, 0) is 7.05 Å². The van der Waals surface area contributed by atoms with Gasteiger partial charge in [0.2, 0.25) is 5.88 Å². The zero-order chi connectivity index (χ0) is 11.5. The Hall–Kier alpha value is -2.29. The molecule has 0 aromatic carbocycles. The number of pyridine rings is 1. The van der Waals surface area contributed by atoms with E-state index in [9.17, 15) is 0 Å². The van der Waals surface area contributed by atoms with Crippen LogP contribution in [0.5, 0.6) is 11.6 Å². The molecular formula is C10H7BN4O. The molecule has 2 aromatic rings. The van der Waals surface area contributed by atoms with Crippen LogP contribution < -0.4 is 10.3 Å². The average Bonchev–Trinajstić information content (AvgIpc) is 2.62. The van der Waals surface area contributed by atoms with Gasteiger partial charge in [0.05, 0.1) is 0 Å². The molecule has 0 atom stereocenters. The largest absolute Gasteiger partial charge is 0.437 e. The third-order valence-corrected chi connectivity index (χ3v) is 1.99. The zero-order valence-corrected chi connectivity index (χ0v) is 8.58. The molecule has 76 valence electrons. The highest BCUT2D eigenvalue weighted by Crippen LogP contribution is 2.17. The first kappa shape index (κ1) is 10.2. The molecule has 2 aromatic heterocycles. The number of aromatic nitrogens is 3. The second-order valence-electron chi connectivity index (χ2n) is 3.09. The van der Waals surface area contributed by atoms with Crippen LogP contribution in [0.3, 0.4) is 0 Å². The molecule has 0 aliphatic rings. The average molecular weight is 210 g/mol. The van der Waals surface area contributed by atoms with Crippen LogP contribution in [0.2, 0.25) is 0 Å². The molecule has 2 radical (unpaired) electrons. The molecule has 0 saturated heterocycles. The molecule has 6 heteroatoms. The summed E-state index contributed by atoms with van der Waals surface area (Å²) in [5, 5.41) is 12.8. The Morgan fingerprint density at radius 1 is 1.56 bits per heavy atom. The predicted molar refractivity (Wildman–Crippen MR) is 57.6 cm³/mol. The van der Waals surface area contributed by atoms with Gasteiger partial charge in [-0.1, -0.05) is 0 Å². The molecule has 2 rings (SSSR count). The number of hydrogen-bond donors (Lipinski definition) is 0. The molecule has 0 amide bonds. The monoisotopic (exact) mass is 210 g/mol. The number of nitriles is 1. The first-order valence-corrected chi connectivity index (χ1v) is 4.53. The van der Waals surface area contributed by atoms with Gasteiger partial charge in [0.1, 0.15) is 25.4 Å². The van der Waals surface area contributed by atoms with Crippen molar-refractivity contribution in [1.29, 1.82) is 5.26 Å². The van der Waals surface area contributed by atoms with Crippen molar-refractivity contribution in [2.75, 3.05) is 0 Å². The highest BCUT2D eigenvalue weighted by Gasteiger charge is 2.07. The molecular weight excluding hydrogens is 203 g/mol. The summed E-state index contributed by atoms with van der Waals surface area (Å²) in [6.07, 6.45) is 1.57. The van der Waals surface area contributed by atoms with Crippen molar-refractivity contribution in [3.63, 3.8) is 0 Å². The highest BCUT2D eigenvalue weighted by molar-refractivity contribution is 6.32. The Morgan fingerprint density at radius 2 is 2.38 bits per heavy atom. The van der Waals surface area contributed by atoms with Gasteiger partial charge < -0.3 is 4.74 Å². The van der Waals surface area contributed by atoms with Gasteiger partial charge in [-0.05, 0) is 12.1 Å². The Kier molecular flexibility index (Phi) is 2.60. The first-order chi connectivity index (χ1) is 7.70. The normalized spacial score (nSPS) is 9.75. The summed E-state index contributed by atoms with van der Waals surface area (Å²) in [5.74, 6) is 0.740. The van der Waals surface area contributed by atoms with E-state index in [1.807, 2.05) is 6.07 Å². The minimum atomic E-state index is 0.284. The van der Waals surface area contributed by atoms with E-state index in [0.717, 1.165) is 0 Å². The molecule has 0 bridgehead atoms. The Balaban J connectivity index is 2.28. The molecule has 0 aliphatic heterocycles. The molecule has 0 aliphatic carbocycles. The van der Waals surface area contributed by atoms with Gasteiger partial charge in [0.25, 0.3) is 0 Å². The van der Waals surface area contributed by atoms with Crippen LogP contribution in [0.25, 0.3) is 0 Å². The Bertz CT molecular complexity index is 558. The molecule has 0 fully saturated rings. The lowest BCUT2D eigenvalue weighted by molar-refractivity contribution is 0.456. The Labute approximate surface area is 93.7 Å². The standard InChI is InChI=1S/C10H7BN4O/c1-15-7(6-12)5-9(14-15)16-8-3-2-4-13-10(8)11/h2-5H,1H3. The fraction of sp³-hybridized carbons (Fsp3) is 0.100. The molecule has 0 spiro atoms. The van der Waals surface area contributed by atoms with Gasteiger partial charge in [-0.3, -0.25) is 9.67 Å². The van der Waals surface area contributed by atoms with Crippen LogP contribution in [0.4, 0.5) is 0 Å². The van der Waals surface area contributed by atoms with Gasteiger partial charge in [-0.25, -0.2) is 0 Å². The van der Waals surface area contributed by atoms with E-state index in [1.54, 1.807) is 25.4 Å². The fourth-order valence-corrected chi connectivity index (χ4v) is 1.20. The summed E-state index contributed by atoms with van der Waals surface area (Å²) in [7, 11) is 7.27. The van der Waals surface area contributed by atoms with Gasteiger partial charge in [-0.2, -0.15) is 5.26 Å². The Morgan fingerprint density at radius 3 is 3.00 bits per heavy atom. The molecule has 5 nitrogen and oxygen atoms in total. The molecule has 16 heavy (non-hydrogen) atoms. The number of aryl methyl sites for hydroxylation is 1. The van der Waals surface area contributed by atoms with Crippen LogP contribution in [0.15, 0.2) is 24.4 Å². The van der Waals surface area contributed by atoms with Gasteiger partial charge in [0, 0.05) is 24.9 Å². The van der Waals surface area contributed by atoms with Crippen LogP contribution >= 0.6 is 0 Å². The van der Waals surface area contributed by atoms with Crippen molar-refractivity contribution in [2.45, 2.75) is 0 Å². The van der Waals surface area contributed by atoms with E-state index >= 15 is 0 Å². The second-order valence-corrected chi connectivity index (χ2v) is 3.09. The summed E-state index contributed by atoms with van der Waals surface area (Å²) in [6, 6.07) is 6.92. The van der Waals surface area contributed by atoms with Gasteiger partial charge >= 0.3 is 0 Å². The number of ether oxygens (including phenoxy) is 1. The summed E-state index contributed by atoms with van der Waals surface area (Å²) >= 11 is 0. The SMILES string of the molecule is [B]c1ncccc1Oc1cc(C#N)n(C)n1. The van der Waals surface area contributed by atoms with Crippen LogP contribution in [-0.4, -0.2) is 22.6 Å². The number of hydrogen-bond acceptors (Lipinski definition) is 4. The van der Waals surface area contributed by atoms with E-state index in [2.05, 4.69) is 10.1 Å². The van der Waals surface area contributed by atoms with Crippen molar-refractivity contribution in [3.05, 3.63) is 30.1 Å². The summed E-state index contributed by atoms with van der Waals surface area (Å²) < 4.78 is 6.83. The summed E-state index contributed by atoms with van der Waals surface area (Å²) in [4.78, 5) is 3.88. The first-order valence-electron chi connectivity index (χ1n) is 4.53. The molecule has 0 N–H and O–H groups in total. The molecule has 0 unspecified atom stereocenters. The van der Waals surface area contributed by atoms with Crippen molar-refractivity contribution >= 4 is 13.4 Å². The topological polar surface area (TPSA) is 63.7 Å². The van der Waals surface area contributed by atoms with Crippen molar-refractivity contribution in [2.24, 2.45) is 7.05 Å². The maximum Gasteiger partial charge on any atom is 0.239 e. The second kappa shape index (κ2) is 4.07. The van der Waals surface area contributed by atoms with E-state index in [1.165, 1.54) is 10.7 Å². The maximum absolute atomic E-state index is 8.75. The van der Waals surface area contributed by atoms with E-state index in [0.29, 0.717) is 17.3 Å². The lowest BCUT2D eigenvalue weighted by atomic mass is 10.0. The highest BCUT2D eigenvalue weighted by atomic mass is 16.5. The van der Waals surface area contributed by atoms with E-state index in [4.69, 9.17) is 17.8 Å². The minimum absolute atomic E-state index is 0.284. The predicted octanol–water partition coefficient (Wildman–Crippen LogP) is 0.273. The van der Waals surface area contributed by atoms with Crippen LogP contribution in [0.1, 0.15) is 5.69 Å². The molecule has 0 saturated carbocycles. The zero-order valence-electron chi connectivity index (χ0n) is 8.58. The summed E-state index contributed by atoms with van der Waals surface area (Å²) in [5.41, 5.74) is 0.698. The number of nitrogens with zero attached hydrogens (tertiary/aromatic N) is 4. The lowest BCUT2D eigenvalue weighted by Gasteiger charge is -2.03. The smallest absolute Gasteiger partial charge is 0.239 e. The van der Waals surface area contributed by atoms with Crippen LogP contribution in [0, 0.1) is 11.3 Å². The number of rotatable bonds is 2.